The van der Waals surface area contributed by atoms with Crippen LogP contribution >= 0.6 is 23.4 Å². The number of thioether (sulfide) groups is 1. The van der Waals surface area contributed by atoms with Gasteiger partial charge in [-0.3, -0.25) is 9.10 Å². The molecule has 33 heavy (non-hydrogen) atoms. The zero-order valence-electron chi connectivity index (χ0n) is 18.1. The van der Waals surface area contributed by atoms with E-state index in [2.05, 4.69) is 17.4 Å². The molecular weight excluding hydrogens is 480 g/mol. The van der Waals surface area contributed by atoms with E-state index in [-0.39, 0.29) is 10.6 Å². The highest BCUT2D eigenvalue weighted by atomic mass is 35.5. The highest BCUT2D eigenvalue weighted by Crippen LogP contribution is 2.34. The number of amides is 1. The van der Waals surface area contributed by atoms with Gasteiger partial charge in [0.25, 0.3) is 10.0 Å². The second kappa shape index (κ2) is 12.0. The van der Waals surface area contributed by atoms with Crippen molar-refractivity contribution in [2.45, 2.75) is 10.6 Å². The Morgan fingerprint density at radius 1 is 1.03 bits per heavy atom. The number of rotatable bonds is 11. The third-order valence-corrected chi connectivity index (χ3v) is 7.75. The van der Waals surface area contributed by atoms with Crippen LogP contribution in [0, 0.1) is 0 Å². The molecule has 9 heteroatoms. The monoisotopic (exact) mass is 504 g/mol. The number of halogens is 1. The lowest BCUT2D eigenvalue weighted by atomic mass is 10.2. The van der Waals surface area contributed by atoms with E-state index in [1.807, 2.05) is 18.2 Å². The van der Waals surface area contributed by atoms with Crippen molar-refractivity contribution in [1.82, 2.24) is 5.32 Å². The first kappa shape index (κ1) is 25.0. The number of sulfonamides is 1. The van der Waals surface area contributed by atoms with Crippen molar-refractivity contribution in [3.05, 3.63) is 89.4 Å². The molecule has 1 amide bonds. The molecule has 0 bridgehead atoms. The van der Waals surface area contributed by atoms with Gasteiger partial charge in [-0.15, -0.1) is 0 Å². The number of anilines is 1. The summed E-state index contributed by atoms with van der Waals surface area (Å²) < 4.78 is 33.2. The lowest BCUT2D eigenvalue weighted by Crippen LogP contribution is -2.41. The summed E-state index contributed by atoms with van der Waals surface area (Å²) in [4.78, 5) is 12.8. The van der Waals surface area contributed by atoms with Crippen LogP contribution < -0.4 is 14.4 Å². The van der Waals surface area contributed by atoms with Crippen molar-refractivity contribution in [2.24, 2.45) is 0 Å². The number of nitrogens with one attached hydrogen (secondary N) is 1. The highest BCUT2D eigenvalue weighted by molar-refractivity contribution is 7.98. The SMILES string of the molecule is COc1ccc(Cl)cc1N(CC(=O)NCCSCc1ccccc1)S(=O)(=O)c1ccccc1. The van der Waals surface area contributed by atoms with Gasteiger partial charge in [0.15, 0.2) is 0 Å². The number of carbonyl (C=O) groups is 1. The van der Waals surface area contributed by atoms with Gasteiger partial charge < -0.3 is 10.1 Å². The van der Waals surface area contributed by atoms with E-state index < -0.39 is 22.5 Å². The van der Waals surface area contributed by atoms with Gasteiger partial charge in [-0.25, -0.2) is 8.42 Å². The average molecular weight is 505 g/mol. The lowest BCUT2D eigenvalue weighted by Gasteiger charge is -2.25. The number of hydrogen-bond donors (Lipinski definition) is 1. The third-order valence-electron chi connectivity index (χ3n) is 4.71. The maximum absolute atomic E-state index is 13.4. The molecule has 0 fully saturated rings. The van der Waals surface area contributed by atoms with Crippen molar-refractivity contribution in [2.75, 3.05) is 30.3 Å². The quantitative estimate of drug-likeness (QED) is 0.386. The standard InChI is InChI=1S/C24H25ClN2O4S2/c1-31-23-13-12-20(25)16-22(23)27(33(29,30)21-10-6-3-7-11-21)17-24(28)26-14-15-32-18-19-8-4-2-5-9-19/h2-13,16H,14-15,17-18H2,1H3,(H,26,28). The van der Waals surface area contributed by atoms with Crippen LogP contribution in [0.3, 0.4) is 0 Å². The highest BCUT2D eigenvalue weighted by Gasteiger charge is 2.29. The maximum atomic E-state index is 13.4. The summed E-state index contributed by atoms with van der Waals surface area (Å²) >= 11 is 7.83. The molecule has 0 spiro atoms. The first-order chi connectivity index (χ1) is 15.9. The minimum Gasteiger partial charge on any atom is -0.495 e. The Morgan fingerprint density at radius 3 is 2.36 bits per heavy atom. The summed E-state index contributed by atoms with van der Waals surface area (Å²) in [5.74, 6) is 1.42. The van der Waals surface area contributed by atoms with Gasteiger partial charge in [-0.2, -0.15) is 11.8 Å². The molecule has 6 nitrogen and oxygen atoms in total. The van der Waals surface area contributed by atoms with E-state index in [1.54, 1.807) is 42.1 Å². The van der Waals surface area contributed by atoms with Crippen LogP contribution in [-0.2, 0) is 20.6 Å². The minimum atomic E-state index is -4.04. The van der Waals surface area contributed by atoms with Gasteiger partial charge in [0.2, 0.25) is 5.91 Å². The molecule has 3 aromatic carbocycles. The fourth-order valence-corrected chi connectivity index (χ4v) is 5.52. The van der Waals surface area contributed by atoms with E-state index in [0.29, 0.717) is 23.1 Å². The topological polar surface area (TPSA) is 75.7 Å². The normalized spacial score (nSPS) is 11.1. The average Bonchev–Trinajstić information content (AvgIpc) is 2.83. The second-order valence-corrected chi connectivity index (χ2v) is 10.4. The van der Waals surface area contributed by atoms with Crippen LogP contribution in [0.5, 0.6) is 5.75 Å². The molecule has 0 aromatic heterocycles. The summed E-state index contributed by atoms with van der Waals surface area (Å²) in [6, 6.07) is 22.7. The third kappa shape index (κ3) is 6.90. The van der Waals surface area contributed by atoms with Crippen LogP contribution in [0.15, 0.2) is 83.8 Å². The predicted octanol–water partition coefficient (Wildman–Crippen LogP) is 4.59. The maximum Gasteiger partial charge on any atom is 0.264 e. The summed E-state index contributed by atoms with van der Waals surface area (Å²) in [6.07, 6.45) is 0. The Morgan fingerprint density at radius 2 is 1.70 bits per heavy atom. The molecule has 174 valence electrons. The fraction of sp³-hybridized carbons (Fsp3) is 0.208. The fourth-order valence-electron chi connectivity index (χ4n) is 3.09. The molecule has 0 unspecified atom stereocenters. The number of benzene rings is 3. The van der Waals surface area contributed by atoms with Gasteiger partial charge in [0.1, 0.15) is 12.3 Å². The number of hydrogen-bond acceptors (Lipinski definition) is 5. The van der Waals surface area contributed by atoms with E-state index in [1.165, 1.54) is 30.9 Å². The Bertz CT molecular complexity index is 1160. The molecular formula is C24H25ClN2O4S2. The number of nitrogens with zero attached hydrogens (tertiary/aromatic N) is 1. The van der Waals surface area contributed by atoms with Crippen LogP contribution in [0.25, 0.3) is 0 Å². The Hall–Kier alpha value is -2.68. The molecule has 0 aliphatic carbocycles. The van der Waals surface area contributed by atoms with Gasteiger partial charge in [-0.05, 0) is 35.9 Å². The molecule has 0 aliphatic rings. The van der Waals surface area contributed by atoms with Crippen molar-refractivity contribution >= 4 is 45.0 Å². The van der Waals surface area contributed by atoms with Crippen molar-refractivity contribution in [3.63, 3.8) is 0 Å². The number of carbonyl (C=O) groups excluding carboxylic acids is 1. The van der Waals surface area contributed by atoms with Crippen LogP contribution in [0.4, 0.5) is 5.69 Å². The van der Waals surface area contributed by atoms with E-state index in [0.717, 1.165) is 10.1 Å². The van der Waals surface area contributed by atoms with E-state index in [9.17, 15) is 13.2 Å². The summed E-state index contributed by atoms with van der Waals surface area (Å²) in [7, 11) is -2.61. The molecule has 0 radical (unpaired) electrons. The van der Waals surface area contributed by atoms with Crippen molar-refractivity contribution < 1.29 is 17.9 Å². The predicted molar refractivity (Wildman–Crippen MR) is 135 cm³/mol. The largest absolute Gasteiger partial charge is 0.495 e. The molecule has 3 aromatic rings. The van der Waals surface area contributed by atoms with Gasteiger partial charge >= 0.3 is 0 Å². The van der Waals surface area contributed by atoms with E-state index >= 15 is 0 Å². The molecule has 0 saturated carbocycles. The van der Waals surface area contributed by atoms with Crippen LogP contribution in [-0.4, -0.2) is 40.3 Å². The van der Waals surface area contributed by atoms with Crippen molar-refractivity contribution in [3.8, 4) is 5.75 Å². The van der Waals surface area contributed by atoms with Crippen LogP contribution in [0.2, 0.25) is 5.02 Å². The Kier molecular flexibility index (Phi) is 9.05. The second-order valence-electron chi connectivity index (χ2n) is 7.03. The molecule has 0 saturated heterocycles. The smallest absolute Gasteiger partial charge is 0.264 e. The van der Waals surface area contributed by atoms with Gasteiger partial charge in [0.05, 0.1) is 17.7 Å². The molecule has 3 rings (SSSR count). The zero-order valence-corrected chi connectivity index (χ0v) is 20.5. The molecule has 1 N–H and O–H groups in total. The van der Waals surface area contributed by atoms with E-state index in [4.69, 9.17) is 16.3 Å². The van der Waals surface area contributed by atoms with Gasteiger partial charge in [0, 0.05) is 23.1 Å². The summed E-state index contributed by atoms with van der Waals surface area (Å²) in [5, 5.41) is 3.14. The zero-order chi connectivity index (χ0) is 23.7. The Labute approximate surface area is 204 Å². The van der Waals surface area contributed by atoms with Crippen molar-refractivity contribution in [1.29, 1.82) is 0 Å². The lowest BCUT2D eigenvalue weighted by molar-refractivity contribution is -0.119. The van der Waals surface area contributed by atoms with Gasteiger partial charge in [-0.1, -0.05) is 60.1 Å². The first-order valence-electron chi connectivity index (χ1n) is 10.2. The minimum absolute atomic E-state index is 0.0678. The number of methoxy groups -OCH3 is 1. The molecule has 0 heterocycles. The Balaban J connectivity index is 1.72. The number of ether oxygens (including phenoxy) is 1. The molecule has 0 atom stereocenters. The first-order valence-corrected chi connectivity index (χ1v) is 13.2. The summed E-state index contributed by atoms with van der Waals surface area (Å²) in [5.41, 5.74) is 1.41. The molecule has 0 aliphatic heterocycles. The summed E-state index contributed by atoms with van der Waals surface area (Å²) in [6.45, 7) is 0.0134. The van der Waals surface area contributed by atoms with Crippen LogP contribution in [0.1, 0.15) is 5.56 Å².